The van der Waals surface area contributed by atoms with E-state index in [-0.39, 0.29) is 0 Å². The number of benzene rings is 2. The zero-order chi connectivity index (χ0) is 24.1. The van der Waals surface area contributed by atoms with E-state index >= 15 is 0 Å². The first-order valence-corrected chi connectivity index (χ1v) is 13.6. The van der Waals surface area contributed by atoms with Crippen LogP contribution in [0.5, 0.6) is 0 Å². The molecule has 0 fully saturated rings. The molecule has 0 saturated heterocycles. The van der Waals surface area contributed by atoms with Crippen LogP contribution in [0.4, 0.5) is 0 Å². The molecule has 0 aromatic heterocycles. The van der Waals surface area contributed by atoms with E-state index in [0.717, 1.165) is 65.0 Å². The minimum absolute atomic E-state index is 0.295. The molecule has 2 aromatic rings. The lowest BCUT2D eigenvalue weighted by Gasteiger charge is -2.23. The monoisotopic (exact) mass is 468 g/mol. The molecule has 0 radical (unpaired) electrons. The number of aliphatic hydroxyl groups excluding tert-OH is 2. The van der Waals surface area contributed by atoms with Gasteiger partial charge in [-0.1, -0.05) is 86.3 Å². The van der Waals surface area contributed by atoms with Crippen molar-refractivity contribution in [1.82, 2.24) is 9.80 Å². The topological polar surface area (TPSA) is 46.9 Å². The zero-order valence-corrected chi connectivity index (χ0v) is 21.3. The van der Waals surface area contributed by atoms with Crippen LogP contribution < -0.4 is 0 Å². The van der Waals surface area contributed by atoms with E-state index in [2.05, 4.69) is 70.5 Å². The minimum Gasteiger partial charge on any atom is -0.396 e. The molecular formula is C30H48N2O2. The molecule has 0 aliphatic carbocycles. The van der Waals surface area contributed by atoms with Crippen molar-refractivity contribution < 1.29 is 10.2 Å². The Hall–Kier alpha value is -1.72. The zero-order valence-electron chi connectivity index (χ0n) is 21.3. The predicted molar refractivity (Wildman–Crippen MR) is 144 cm³/mol. The van der Waals surface area contributed by atoms with Gasteiger partial charge >= 0.3 is 0 Å². The van der Waals surface area contributed by atoms with Crippen LogP contribution in [0, 0.1) is 0 Å². The van der Waals surface area contributed by atoms with Crippen molar-refractivity contribution in [2.45, 2.75) is 77.3 Å². The van der Waals surface area contributed by atoms with E-state index in [4.69, 9.17) is 10.2 Å². The first kappa shape index (κ1) is 28.5. The molecule has 0 aliphatic rings. The smallest absolute Gasteiger partial charge is 0.0431 e. The van der Waals surface area contributed by atoms with Gasteiger partial charge in [0.2, 0.25) is 0 Å². The highest BCUT2D eigenvalue weighted by molar-refractivity contribution is 5.15. The second kappa shape index (κ2) is 19.6. The fraction of sp³-hybridized carbons (Fsp3) is 0.600. The van der Waals surface area contributed by atoms with Gasteiger partial charge in [-0.3, -0.25) is 9.80 Å². The van der Waals surface area contributed by atoms with Crippen LogP contribution in [-0.4, -0.2) is 59.4 Å². The molecule has 2 N–H and O–H groups in total. The van der Waals surface area contributed by atoms with Gasteiger partial charge in [0, 0.05) is 26.3 Å². The lowest BCUT2D eigenvalue weighted by atomic mass is 10.1. The van der Waals surface area contributed by atoms with Crippen molar-refractivity contribution >= 4 is 0 Å². The van der Waals surface area contributed by atoms with Crippen LogP contribution in [-0.2, 0) is 13.1 Å². The third-order valence-corrected chi connectivity index (χ3v) is 6.46. The Morgan fingerprint density at radius 3 is 1.09 bits per heavy atom. The standard InChI is InChI=1S/C30H48N2O2/c33-25-15-13-23-31(27-29-17-7-5-8-18-29)21-11-3-1-2-4-12-22-32(24-14-16-26-34)28-30-19-9-6-10-20-30/h5-10,17-20,33-34H,1-4,11-16,21-28H2. The largest absolute Gasteiger partial charge is 0.396 e. The molecule has 4 nitrogen and oxygen atoms in total. The summed E-state index contributed by atoms with van der Waals surface area (Å²) in [4.78, 5) is 5.11. The molecule has 0 unspecified atom stereocenters. The number of nitrogens with zero attached hydrogens (tertiary/aromatic N) is 2. The summed E-state index contributed by atoms with van der Waals surface area (Å²) in [5.74, 6) is 0. The highest BCUT2D eigenvalue weighted by Gasteiger charge is 2.07. The van der Waals surface area contributed by atoms with Crippen LogP contribution in [0.25, 0.3) is 0 Å². The Labute approximate surface area is 208 Å². The Morgan fingerprint density at radius 1 is 0.412 bits per heavy atom. The van der Waals surface area contributed by atoms with E-state index in [0.29, 0.717) is 13.2 Å². The van der Waals surface area contributed by atoms with Gasteiger partial charge < -0.3 is 10.2 Å². The van der Waals surface area contributed by atoms with E-state index in [1.54, 1.807) is 0 Å². The third kappa shape index (κ3) is 13.9. The van der Waals surface area contributed by atoms with Gasteiger partial charge in [-0.15, -0.1) is 0 Å². The van der Waals surface area contributed by atoms with Crippen molar-refractivity contribution in [2.75, 3.05) is 39.4 Å². The minimum atomic E-state index is 0.295. The fourth-order valence-corrected chi connectivity index (χ4v) is 4.50. The van der Waals surface area contributed by atoms with E-state index in [1.165, 1.54) is 49.7 Å². The molecule has 2 aromatic carbocycles. The van der Waals surface area contributed by atoms with Gasteiger partial charge in [0.15, 0.2) is 0 Å². The summed E-state index contributed by atoms with van der Waals surface area (Å²) in [6.07, 6.45) is 11.7. The molecule has 0 spiro atoms. The number of aliphatic hydroxyl groups is 2. The summed E-state index contributed by atoms with van der Waals surface area (Å²) in [6, 6.07) is 21.5. The first-order chi connectivity index (χ1) is 16.8. The summed E-state index contributed by atoms with van der Waals surface area (Å²) in [5, 5.41) is 18.2. The molecular weight excluding hydrogens is 420 g/mol. The van der Waals surface area contributed by atoms with Crippen LogP contribution in [0.3, 0.4) is 0 Å². The molecule has 0 heterocycles. The van der Waals surface area contributed by atoms with E-state index < -0.39 is 0 Å². The van der Waals surface area contributed by atoms with Crippen molar-refractivity contribution in [3.63, 3.8) is 0 Å². The summed E-state index contributed by atoms with van der Waals surface area (Å²) in [7, 11) is 0. The summed E-state index contributed by atoms with van der Waals surface area (Å²) >= 11 is 0. The van der Waals surface area contributed by atoms with Crippen molar-refractivity contribution in [3.8, 4) is 0 Å². The summed E-state index contributed by atoms with van der Waals surface area (Å²) in [5.41, 5.74) is 2.76. The Balaban J connectivity index is 1.60. The third-order valence-electron chi connectivity index (χ3n) is 6.46. The average molecular weight is 469 g/mol. The lowest BCUT2D eigenvalue weighted by molar-refractivity contribution is 0.229. The molecule has 2 rings (SSSR count). The predicted octanol–water partition coefficient (Wildman–Crippen LogP) is 5.88. The maximum Gasteiger partial charge on any atom is 0.0431 e. The molecule has 190 valence electrons. The van der Waals surface area contributed by atoms with Gasteiger partial charge in [0.1, 0.15) is 0 Å². The van der Waals surface area contributed by atoms with Crippen LogP contribution >= 0.6 is 0 Å². The highest BCUT2D eigenvalue weighted by atomic mass is 16.3. The van der Waals surface area contributed by atoms with Crippen molar-refractivity contribution in [2.24, 2.45) is 0 Å². The molecule has 0 saturated carbocycles. The van der Waals surface area contributed by atoms with E-state index in [1.807, 2.05) is 0 Å². The summed E-state index contributed by atoms with van der Waals surface area (Å²) in [6.45, 7) is 7.06. The average Bonchev–Trinajstić information content (AvgIpc) is 2.86. The number of unbranched alkanes of at least 4 members (excludes halogenated alkanes) is 7. The van der Waals surface area contributed by atoms with Gasteiger partial charge in [-0.05, 0) is 75.8 Å². The molecule has 0 amide bonds. The molecule has 4 heteroatoms. The highest BCUT2D eigenvalue weighted by Crippen LogP contribution is 2.12. The van der Waals surface area contributed by atoms with Crippen LogP contribution in [0.2, 0.25) is 0 Å². The number of hydrogen-bond acceptors (Lipinski definition) is 4. The van der Waals surface area contributed by atoms with Crippen molar-refractivity contribution in [1.29, 1.82) is 0 Å². The van der Waals surface area contributed by atoms with Crippen molar-refractivity contribution in [3.05, 3.63) is 71.8 Å². The number of rotatable bonds is 21. The van der Waals surface area contributed by atoms with Crippen LogP contribution in [0.15, 0.2) is 60.7 Å². The molecule has 34 heavy (non-hydrogen) atoms. The summed E-state index contributed by atoms with van der Waals surface area (Å²) < 4.78 is 0. The Kier molecular flexibility index (Phi) is 16.4. The molecule has 0 aliphatic heterocycles. The number of hydrogen-bond donors (Lipinski definition) is 2. The van der Waals surface area contributed by atoms with E-state index in [9.17, 15) is 0 Å². The quantitative estimate of drug-likeness (QED) is 0.225. The second-order valence-electron chi connectivity index (χ2n) is 9.51. The van der Waals surface area contributed by atoms with Crippen LogP contribution in [0.1, 0.15) is 75.3 Å². The normalized spacial score (nSPS) is 11.5. The molecule has 0 atom stereocenters. The Morgan fingerprint density at radius 2 is 0.735 bits per heavy atom. The fourth-order valence-electron chi connectivity index (χ4n) is 4.50. The van der Waals surface area contributed by atoms with Gasteiger partial charge in [-0.2, -0.15) is 0 Å². The lowest BCUT2D eigenvalue weighted by Crippen LogP contribution is -2.26. The van der Waals surface area contributed by atoms with Gasteiger partial charge in [-0.25, -0.2) is 0 Å². The molecule has 0 bridgehead atoms. The first-order valence-electron chi connectivity index (χ1n) is 13.6. The maximum absolute atomic E-state index is 9.12. The maximum atomic E-state index is 9.12. The van der Waals surface area contributed by atoms with Gasteiger partial charge in [0.05, 0.1) is 0 Å². The Bertz CT molecular complexity index is 634. The van der Waals surface area contributed by atoms with Gasteiger partial charge in [0.25, 0.3) is 0 Å². The SMILES string of the molecule is OCCCCN(CCCCCCCCN(CCCCO)Cc1ccccc1)Cc1ccccc1. The second-order valence-corrected chi connectivity index (χ2v) is 9.51.